The molecule has 0 aromatic carbocycles. The molecule has 0 bridgehead atoms. The minimum Gasteiger partial charge on any atom is -0.481 e. The summed E-state index contributed by atoms with van der Waals surface area (Å²) in [6.07, 6.45) is 2.05. The van der Waals surface area contributed by atoms with Crippen molar-refractivity contribution in [2.24, 2.45) is 16.2 Å². The van der Waals surface area contributed by atoms with Gasteiger partial charge in [0, 0.05) is 6.42 Å². The number of carboxylic acids is 2. The number of rotatable bonds is 13. The van der Waals surface area contributed by atoms with E-state index in [4.69, 9.17) is 14.6 Å². The quantitative estimate of drug-likeness (QED) is 0.331. The van der Waals surface area contributed by atoms with E-state index in [1.807, 2.05) is 0 Å². The third-order valence-corrected chi connectivity index (χ3v) is 4.85. The van der Waals surface area contributed by atoms with Crippen molar-refractivity contribution in [2.75, 3.05) is 13.2 Å². The lowest BCUT2D eigenvalue weighted by atomic mass is 9.77. The highest BCUT2D eigenvalue weighted by atomic mass is 16.5. The number of aliphatic carboxylic acids is 2. The molecule has 0 saturated heterocycles. The van der Waals surface area contributed by atoms with Crippen LogP contribution >= 0.6 is 0 Å². The minimum atomic E-state index is -1.22. The molecule has 0 saturated carbocycles. The van der Waals surface area contributed by atoms with Crippen LogP contribution in [0.3, 0.4) is 0 Å². The van der Waals surface area contributed by atoms with Crippen molar-refractivity contribution in [1.82, 2.24) is 0 Å². The normalized spacial score (nSPS) is 12.3. The first-order chi connectivity index (χ1) is 13.6. The Balaban J connectivity index is 5.09. The Hall–Kier alpha value is -2.12. The fourth-order valence-corrected chi connectivity index (χ4v) is 2.72. The number of carboxylic acid groups (broad SMARTS) is 2. The maximum absolute atomic E-state index is 12.2. The number of carbonyl (C=O) groups excluding carboxylic acids is 2. The fraction of sp³-hybridized carbons (Fsp3) is 0.818. The molecule has 0 radical (unpaired) electrons. The van der Waals surface area contributed by atoms with Gasteiger partial charge in [-0.25, -0.2) is 0 Å². The smallest absolute Gasteiger partial charge is 0.311 e. The van der Waals surface area contributed by atoms with Gasteiger partial charge in [-0.05, 0) is 67.2 Å². The van der Waals surface area contributed by atoms with Crippen LogP contribution in [0.15, 0.2) is 0 Å². The third kappa shape index (κ3) is 10.6. The first-order valence-corrected chi connectivity index (χ1v) is 10.4. The first-order valence-electron chi connectivity index (χ1n) is 10.4. The van der Waals surface area contributed by atoms with Crippen molar-refractivity contribution >= 4 is 23.9 Å². The van der Waals surface area contributed by atoms with Crippen LogP contribution in [0.2, 0.25) is 0 Å². The van der Waals surface area contributed by atoms with Crippen LogP contribution in [-0.4, -0.2) is 47.3 Å². The number of hydrogen-bond donors (Lipinski definition) is 2. The van der Waals surface area contributed by atoms with Crippen molar-refractivity contribution < 1.29 is 38.9 Å². The van der Waals surface area contributed by atoms with Gasteiger partial charge in [0.25, 0.3) is 0 Å². The summed E-state index contributed by atoms with van der Waals surface area (Å²) >= 11 is 0. The zero-order valence-corrected chi connectivity index (χ0v) is 19.2. The molecule has 174 valence electrons. The van der Waals surface area contributed by atoms with Crippen molar-refractivity contribution in [3.63, 3.8) is 0 Å². The van der Waals surface area contributed by atoms with Gasteiger partial charge in [0.15, 0.2) is 0 Å². The standard InChI is InChI=1S/C22H38O8/c1-20(2,3)18(27)29-14-12-22(17(25)26,11-9-7-8-10-16(23)24)13-15-30-19(28)21(4,5)6/h7-15H2,1-6H3,(H,23,24)(H,25,26). The van der Waals surface area contributed by atoms with Gasteiger partial charge in [0.1, 0.15) is 0 Å². The number of hydrogen-bond acceptors (Lipinski definition) is 6. The molecule has 2 N–H and O–H groups in total. The van der Waals surface area contributed by atoms with E-state index in [1.165, 1.54) is 0 Å². The topological polar surface area (TPSA) is 127 Å². The molecule has 0 aliphatic heterocycles. The zero-order valence-electron chi connectivity index (χ0n) is 19.2. The van der Waals surface area contributed by atoms with Crippen LogP contribution in [0.5, 0.6) is 0 Å². The van der Waals surface area contributed by atoms with E-state index < -0.39 is 40.1 Å². The highest BCUT2D eigenvalue weighted by Gasteiger charge is 2.39. The zero-order chi connectivity index (χ0) is 23.6. The van der Waals surface area contributed by atoms with E-state index in [2.05, 4.69) is 0 Å². The summed E-state index contributed by atoms with van der Waals surface area (Å²) in [7, 11) is 0. The SMILES string of the molecule is CC(C)(C)C(=O)OCCC(CCCCCC(=O)O)(CCOC(=O)C(C)(C)C)C(=O)O. The van der Waals surface area contributed by atoms with Crippen LogP contribution in [0.25, 0.3) is 0 Å². The first kappa shape index (κ1) is 27.9. The van der Waals surface area contributed by atoms with Gasteiger partial charge in [0.05, 0.1) is 29.5 Å². The Bertz CT molecular complexity index is 563. The summed E-state index contributed by atoms with van der Waals surface area (Å²) in [5, 5.41) is 18.7. The molecular weight excluding hydrogens is 392 g/mol. The predicted molar refractivity (Wildman–Crippen MR) is 111 cm³/mol. The molecule has 0 heterocycles. The van der Waals surface area contributed by atoms with E-state index >= 15 is 0 Å². The largest absolute Gasteiger partial charge is 0.481 e. The van der Waals surface area contributed by atoms with Crippen LogP contribution in [0.1, 0.15) is 86.5 Å². The lowest BCUT2D eigenvalue weighted by molar-refractivity contribution is -0.161. The second-order valence-corrected chi connectivity index (χ2v) is 9.81. The molecule has 0 atom stereocenters. The van der Waals surface area contributed by atoms with Crippen molar-refractivity contribution in [3.05, 3.63) is 0 Å². The predicted octanol–water partition coefficient (Wildman–Crippen LogP) is 4.05. The van der Waals surface area contributed by atoms with Gasteiger partial charge in [-0.2, -0.15) is 0 Å². The van der Waals surface area contributed by atoms with E-state index in [9.17, 15) is 24.3 Å². The second-order valence-electron chi connectivity index (χ2n) is 9.81. The van der Waals surface area contributed by atoms with Gasteiger partial charge in [-0.15, -0.1) is 0 Å². The average molecular weight is 431 g/mol. The highest BCUT2D eigenvalue weighted by molar-refractivity contribution is 5.77. The summed E-state index contributed by atoms with van der Waals surface area (Å²) in [6.45, 7) is 10.2. The van der Waals surface area contributed by atoms with Gasteiger partial charge >= 0.3 is 23.9 Å². The average Bonchev–Trinajstić information content (AvgIpc) is 2.58. The van der Waals surface area contributed by atoms with Crippen LogP contribution in [0.4, 0.5) is 0 Å². The summed E-state index contributed by atoms with van der Waals surface area (Å²) < 4.78 is 10.5. The molecule has 0 fully saturated rings. The Morgan fingerprint density at radius 2 is 1.10 bits per heavy atom. The summed E-state index contributed by atoms with van der Waals surface area (Å²) in [5.41, 5.74) is -2.60. The summed E-state index contributed by atoms with van der Waals surface area (Å²) in [5.74, 6) is -2.76. The van der Waals surface area contributed by atoms with Crippen LogP contribution in [0, 0.1) is 16.2 Å². The summed E-state index contributed by atoms with van der Waals surface area (Å²) in [4.78, 5) is 46.8. The van der Waals surface area contributed by atoms with Crippen molar-refractivity contribution in [1.29, 1.82) is 0 Å². The third-order valence-electron chi connectivity index (χ3n) is 4.85. The van der Waals surface area contributed by atoms with Gasteiger partial charge in [-0.1, -0.05) is 12.8 Å². The maximum atomic E-state index is 12.2. The maximum Gasteiger partial charge on any atom is 0.311 e. The highest BCUT2D eigenvalue weighted by Crippen LogP contribution is 2.35. The molecule has 8 nitrogen and oxygen atoms in total. The Labute approximate surface area is 179 Å². The van der Waals surface area contributed by atoms with E-state index in [0.717, 1.165) is 0 Å². The van der Waals surface area contributed by atoms with Gasteiger partial charge in [0.2, 0.25) is 0 Å². The molecule has 30 heavy (non-hydrogen) atoms. The Morgan fingerprint density at radius 3 is 1.43 bits per heavy atom. The van der Waals surface area contributed by atoms with E-state index in [1.54, 1.807) is 41.5 Å². The monoisotopic (exact) mass is 430 g/mol. The Kier molecular flexibility index (Phi) is 11.1. The Morgan fingerprint density at radius 1 is 0.667 bits per heavy atom. The fourth-order valence-electron chi connectivity index (χ4n) is 2.72. The molecule has 0 rings (SSSR count). The lowest BCUT2D eigenvalue weighted by Crippen LogP contribution is -2.36. The molecule has 0 aliphatic rings. The number of unbranched alkanes of at least 4 members (excludes halogenated alkanes) is 2. The molecule has 0 spiro atoms. The molecule has 0 unspecified atom stereocenters. The number of esters is 2. The van der Waals surface area contributed by atoms with E-state index in [0.29, 0.717) is 19.3 Å². The van der Waals surface area contributed by atoms with Crippen LogP contribution in [-0.2, 0) is 28.7 Å². The molecule has 0 aromatic heterocycles. The van der Waals surface area contributed by atoms with Gasteiger partial charge < -0.3 is 19.7 Å². The number of carbonyl (C=O) groups is 4. The molecular formula is C22H38O8. The summed E-state index contributed by atoms with van der Waals surface area (Å²) in [6, 6.07) is 0. The van der Waals surface area contributed by atoms with Crippen LogP contribution < -0.4 is 0 Å². The molecule has 8 heteroatoms. The van der Waals surface area contributed by atoms with Crippen molar-refractivity contribution in [2.45, 2.75) is 86.5 Å². The second kappa shape index (κ2) is 11.9. The molecule has 0 aromatic rings. The van der Waals surface area contributed by atoms with E-state index in [-0.39, 0.29) is 38.9 Å². The minimum absolute atomic E-state index is 0.0342. The number of ether oxygens (including phenoxy) is 2. The molecule has 0 amide bonds. The lowest BCUT2D eigenvalue weighted by Gasteiger charge is -2.30. The van der Waals surface area contributed by atoms with Gasteiger partial charge in [-0.3, -0.25) is 19.2 Å². The molecule has 0 aliphatic carbocycles. The van der Waals surface area contributed by atoms with Crippen molar-refractivity contribution in [3.8, 4) is 0 Å².